The lowest BCUT2D eigenvalue weighted by molar-refractivity contribution is 0.237. The van der Waals surface area contributed by atoms with E-state index in [1.54, 1.807) is 0 Å². The van der Waals surface area contributed by atoms with Crippen LogP contribution < -0.4 is 0 Å². The van der Waals surface area contributed by atoms with Gasteiger partial charge in [0, 0.05) is 24.7 Å². The third-order valence-corrected chi connectivity index (χ3v) is 3.58. The molecule has 2 nitrogen and oxygen atoms in total. The molecule has 0 aromatic heterocycles. The summed E-state index contributed by atoms with van der Waals surface area (Å²) in [4.78, 5) is 2.43. The Hall–Kier alpha value is -0.570. The minimum atomic E-state index is 0.501. The first-order valence-corrected chi connectivity index (χ1v) is 5.82. The summed E-state index contributed by atoms with van der Waals surface area (Å²) in [5.74, 6) is 0. The van der Waals surface area contributed by atoms with Crippen molar-refractivity contribution in [2.45, 2.75) is 25.2 Å². The van der Waals surface area contributed by atoms with Gasteiger partial charge in [0.2, 0.25) is 0 Å². The van der Waals surface area contributed by atoms with Crippen molar-refractivity contribution in [1.82, 2.24) is 4.90 Å². The first-order valence-electron chi connectivity index (χ1n) is 5.44. The van der Waals surface area contributed by atoms with Crippen molar-refractivity contribution in [3.05, 3.63) is 34.9 Å². The van der Waals surface area contributed by atoms with Gasteiger partial charge in [0.05, 0.1) is 12.2 Å². The summed E-state index contributed by atoms with van der Waals surface area (Å²) in [7, 11) is 0. The van der Waals surface area contributed by atoms with E-state index in [0.29, 0.717) is 12.2 Å². The molecule has 0 spiro atoms. The van der Waals surface area contributed by atoms with Crippen LogP contribution in [0.2, 0.25) is 5.02 Å². The number of benzene rings is 1. The fourth-order valence-electron chi connectivity index (χ4n) is 2.26. The van der Waals surface area contributed by atoms with Crippen LogP contribution in [0.25, 0.3) is 0 Å². The zero-order valence-electron chi connectivity index (χ0n) is 8.53. The SMILES string of the molecule is Clc1ccccc1CN1CCC2OC2C1. The van der Waals surface area contributed by atoms with Crippen molar-refractivity contribution in [2.75, 3.05) is 13.1 Å². The maximum atomic E-state index is 6.13. The Bertz CT molecular complexity index is 368. The highest BCUT2D eigenvalue weighted by Gasteiger charge is 2.43. The van der Waals surface area contributed by atoms with Crippen molar-refractivity contribution in [1.29, 1.82) is 0 Å². The third-order valence-electron chi connectivity index (χ3n) is 3.21. The van der Waals surface area contributed by atoms with Gasteiger partial charge in [-0.2, -0.15) is 0 Å². The molecule has 2 aliphatic rings. The summed E-state index contributed by atoms with van der Waals surface area (Å²) in [6.07, 6.45) is 2.24. The Balaban J connectivity index is 1.67. The van der Waals surface area contributed by atoms with Crippen LogP contribution in [0, 0.1) is 0 Å². The van der Waals surface area contributed by atoms with Gasteiger partial charge < -0.3 is 4.74 Å². The lowest BCUT2D eigenvalue weighted by Crippen LogP contribution is -2.34. The van der Waals surface area contributed by atoms with Crippen molar-refractivity contribution < 1.29 is 4.74 Å². The first-order chi connectivity index (χ1) is 7.33. The summed E-state index contributed by atoms with van der Waals surface area (Å²) in [6, 6.07) is 8.07. The molecular weight excluding hydrogens is 210 g/mol. The van der Waals surface area contributed by atoms with E-state index in [2.05, 4.69) is 11.0 Å². The van der Waals surface area contributed by atoms with Gasteiger partial charge in [-0.1, -0.05) is 29.8 Å². The van der Waals surface area contributed by atoms with Gasteiger partial charge >= 0.3 is 0 Å². The molecular formula is C12H14ClNO. The molecule has 2 aliphatic heterocycles. The van der Waals surface area contributed by atoms with Crippen LogP contribution in [-0.4, -0.2) is 30.2 Å². The molecule has 1 aromatic rings. The van der Waals surface area contributed by atoms with E-state index >= 15 is 0 Å². The number of halogens is 1. The fraction of sp³-hybridized carbons (Fsp3) is 0.500. The Morgan fingerprint density at radius 3 is 3.00 bits per heavy atom. The highest BCUT2D eigenvalue weighted by molar-refractivity contribution is 6.31. The van der Waals surface area contributed by atoms with Crippen LogP contribution in [0.1, 0.15) is 12.0 Å². The van der Waals surface area contributed by atoms with E-state index < -0.39 is 0 Å². The predicted octanol–water partition coefficient (Wildman–Crippen LogP) is 2.31. The number of epoxide rings is 1. The van der Waals surface area contributed by atoms with E-state index in [9.17, 15) is 0 Å². The molecule has 2 atom stereocenters. The van der Waals surface area contributed by atoms with Crippen molar-refractivity contribution in [3.8, 4) is 0 Å². The molecule has 0 amide bonds. The number of piperidine rings is 1. The van der Waals surface area contributed by atoms with Crippen molar-refractivity contribution in [3.63, 3.8) is 0 Å². The van der Waals surface area contributed by atoms with Crippen LogP contribution in [0.15, 0.2) is 24.3 Å². The van der Waals surface area contributed by atoms with Gasteiger partial charge in [0.25, 0.3) is 0 Å². The summed E-state index contributed by atoms with van der Waals surface area (Å²) in [5.41, 5.74) is 1.22. The molecule has 2 heterocycles. The number of hydrogen-bond donors (Lipinski definition) is 0. The molecule has 2 fully saturated rings. The highest BCUT2D eigenvalue weighted by atomic mass is 35.5. The summed E-state index contributed by atoms with van der Waals surface area (Å²) in [6.45, 7) is 3.15. The van der Waals surface area contributed by atoms with Gasteiger partial charge in [-0.25, -0.2) is 0 Å². The minimum absolute atomic E-state index is 0.501. The maximum Gasteiger partial charge on any atom is 0.0969 e. The molecule has 80 valence electrons. The van der Waals surface area contributed by atoms with Crippen LogP contribution in [0.5, 0.6) is 0 Å². The Labute approximate surface area is 94.8 Å². The molecule has 3 rings (SSSR count). The summed E-state index contributed by atoms with van der Waals surface area (Å²) < 4.78 is 5.50. The highest BCUT2D eigenvalue weighted by Crippen LogP contribution is 2.31. The van der Waals surface area contributed by atoms with Crippen molar-refractivity contribution >= 4 is 11.6 Å². The van der Waals surface area contributed by atoms with Crippen molar-refractivity contribution in [2.24, 2.45) is 0 Å². The topological polar surface area (TPSA) is 15.8 Å². The predicted molar refractivity (Wildman–Crippen MR) is 60.0 cm³/mol. The molecule has 0 radical (unpaired) electrons. The van der Waals surface area contributed by atoms with Crippen LogP contribution in [0.3, 0.4) is 0 Å². The van der Waals surface area contributed by atoms with Crippen LogP contribution in [0.4, 0.5) is 0 Å². The van der Waals surface area contributed by atoms with E-state index in [1.807, 2.05) is 18.2 Å². The van der Waals surface area contributed by atoms with Gasteiger partial charge in [-0.05, 0) is 18.1 Å². The quantitative estimate of drug-likeness (QED) is 0.716. The normalized spacial score (nSPS) is 29.9. The van der Waals surface area contributed by atoms with E-state index in [4.69, 9.17) is 16.3 Å². The first kappa shape index (κ1) is 9.64. The van der Waals surface area contributed by atoms with Crippen LogP contribution in [-0.2, 0) is 11.3 Å². The average molecular weight is 224 g/mol. The molecule has 3 heteroatoms. The Kier molecular flexibility index (Phi) is 2.43. The third kappa shape index (κ3) is 2.03. The summed E-state index contributed by atoms with van der Waals surface area (Å²) in [5, 5.41) is 0.872. The minimum Gasteiger partial charge on any atom is -0.368 e. The molecule has 1 aromatic carbocycles. The van der Waals surface area contributed by atoms with E-state index in [-0.39, 0.29) is 0 Å². The monoisotopic (exact) mass is 223 g/mol. The van der Waals surface area contributed by atoms with Gasteiger partial charge in [0.15, 0.2) is 0 Å². The largest absolute Gasteiger partial charge is 0.368 e. The summed E-state index contributed by atoms with van der Waals surface area (Å²) >= 11 is 6.13. The second-order valence-corrected chi connectivity index (χ2v) is 4.74. The molecule has 0 saturated carbocycles. The zero-order chi connectivity index (χ0) is 10.3. The Morgan fingerprint density at radius 1 is 1.33 bits per heavy atom. The number of likely N-dealkylation sites (tertiary alicyclic amines) is 1. The molecule has 0 N–H and O–H groups in total. The second-order valence-electron chi connectivity index (χ2n) is 4.33. The standard InChI is InChI=1S/C12H14ClNO/c13-10-4-2-1-3-9(10)7-14-6-5-11-12(8-14)15-11/h1-4,11-12H,5-8H2. The van der Waals surface area contributed by atoms with E-state index in [1.165, 1.54) is 12.0 Å². The van der Waals surface area contributed by atoms with E-state index in [0.717, 1.165) is 24.7 Å². The fourth-order valence-corrected chi connectivity index (χ4v) is 2.46. The number of rotatable bonds is 2. The maximum absolute atomic E-state index is 6.13. The zero-order valence-corrected chi connectivity index (χ0v) is 9.28. The number of nitrogens with zero attached hydrogens (tertiary/aromatic N) is 1. The number of hydrogen-bond acceptors (Lipinski definition) is 2. The van der Waals surface area contributed by atoms with Gasteiger partial charge in [-0.15, -0.1) is 0 Å². The molecule has 0 aliphatic carbocycles. The van der Waals surface area contributed by atoms with Crippen LogP contribution >= 0.6 is 11.6 Å². The molecule has 0 bridgehead atoms. The smallest absolute Gasteiger partial charge is 0.0969 e. The lowest BCUT2D eigenvalue weighted by Gasteiger charge is -2.24. The average Bonchev–Trinajstić information content (AvgIpc) is 3.00. The van der Waals surface area contributed by atoms with Gasteiger partial charge in [-0.3, -0.25) is 4.90 Å². The molecule has 2 unspecified atom stereocenters. The molecule has 2 saturated heterocycles. The van der Waals surface area contributed by atoms with Gasteiger partial charge in [0.1, 0.15) is 0 Å². The lowest BCUT2D eigenvalue weighted by atomic mass is 10.1. The number of fused-ring (bicyclic) bond motifs is 1. The number of ether oxygens (including phenoxy) is 1. The second kappa shape index (κ2) is 3.78. The Morgan fingerprint density at radius 2 is 2.20 bits per heavy atom. The molecule has 15 heavy (non-hydrogen) atoms.